The van der Waals surface area contributed by atoms with E-state index >= 15 is 0 Å². The first kappa shape index (κ1) is 21.7. The molecule has 0 fully saturated rings. The lowest BCUT2D eigenvalue weighted by molar-refractivity contribution is -0.148. The summed E-state index contributed by atoms with van der Waals surface area (Å²) in [5.74, 6) is -0.277. The van der Waals surface area contributed by atoms with Crippen molar-refractivity contribution in [2.45, 2.75) is 19.2 Å². The van der Waals surface area contributed by atoms with Gasteiger partial charge >= 0.3 is 12.1 Å². The highest BCUT2D eigenvalue weighted by Crippen LogP contribution is 2.42. The maximum absolute atomic E-state index is 12.8. The number of rotatable bonds is 5. The summed E-state index contributed by atoms with van der Waals surface area (Å²) >= 11 is 15.1. The monoisotopic (exact) mass is 486 g/mol. The molecule has 0 aliphatic rings. The number of esters is 1. The molecule has 1 atom stereocenters. The third-order valence-corrected chi connectivity index (χ3v) is 4.50. The lowest BCUT2D eigenvalue weighted by Gasteiger charge is -2.16. The Morgan fingerprint density at radius 3 is 2.26 bits per heavy atom. The summed E-state index contributed by atoms with van der Waals surface area (Å²) in [6, 6.07) is 5.95. The lowest BCUT2D eigenvalue weighted by atomic mass is 10.2. The summed E-state index contributed by atoms with van der Waals surface area (Å²) in [5, 5.41) is -0.605. The van der Waals surface area contributed by atoms with Crippen molar-refractivity contribution in [2.24, 2.45) is 0 Å². The molecule has 0 spiro atoms. The second-order valence-electron chi connectivity index (χ2n) is 5.24. The summed E-state index contributed by atoms with van der Waals surface area (Å²) in [6.07, 6.45) is -5.48. The first-order valence-corrected chi connectivity index (χ1v) is 8.86. The number of carbonyl (C=O) groups excluding carboxylic acids is 1. The van der Waals surface area contributed by atoms with E-state index in [9.17, 15) is 18.0 Å². The highest BCUT2D eigenvalue weighted by molar-refractivity contribution is 9.10. The van der Waals surface area contributed by atoms with Crippen molar-refractivity contribution in [3.05, 3.63) is 50.4 Å². The molecule has 1 unspecified atom stereocenters. The minimum absolute atomic E-state index is 0.138. The molecule has 146 valence electrons. The van der Waals surface area contributed by atoms with Crippen molar-refractivity contribution < 1.29 is 32.2 Å². The second kappa shape index (κ2) is 8.58. The number of carbonyl (C=O) groups is 1. The normalized spacial score (nSPS) is 12.4. The Labute approximate surface area is 171 Å². The van der Waals surface area contributed by atoms with Crippen LogP contribution in [0, 0.1) is 0 Å². The first-order chi connectivity index (χ1) is 12.5. The molecule has 0 aromatic heterocycles. The second-order valence-corrected chi connectivity index (χ2v) is 6.91. The molecule has 0 saturated heterocycles. The zero-order valence-corrected chi connectivity index (χ0v) is 17.0. The SMILES string of the molecule is COC(=O)C(C)Oc1cc(Oc2c(Cl)cc(C(F)(F)F)cc2Cl)ccc1Br. The van der Waals surface area contributed by atoms with Gasteiger partial charge in [-0.25, -0.2) is 4.79 Å². The van der Waals surface area contributed by atoms with Gasteiger partial charge in [0.25, 0.3) is 0 Å². The minimum Gasteiger partial charge on any atom is -0.478 e. The number of ether oxygens (including phenoxy) is 3. The van der Waals surface area contributed by atoms with E-state index in [0.717, 1.165) is 12.1 Å². The third-order valence-electron chi connectivity index (χ3n) is 3.29. The van der Waals surface area contributed by atoms with Crippen LogP contribution in [0.25, 0.3) is 0 Å². The Kier molecular flexibility index (Phi) is 6.88. The van der Waals surface area contributed by atoms with Crippen LogP contribution in [0.2, 0.25) is 10.0 Å². The number of benzene rings is 2. The van der Waals surface area contributed by atoms with Gasteiger partial charge in [0.15, 0.2) is 11.9 Å². The van der Waals surface area contributed by atoms with Crippen LogP contribution in [-0.4, -0.2) is 19.2 Å². The van der Waals surface area contributed by atoms with Gasteiger partial charge in [-0.2, -0.15) is 13.2 Å². The van der Waals surface area contributed by atoms with Crippen LogP contribution in [-0.2, 0) is 15.7 Å². The van der Waals surface area contributed by atoms with E-state index in [4.69, 9.17) is 32.7 Å². The Hall–Kier alpha value is -1.64. The number of halogens is 6. The summed E-state index contributed by atoms with van der Waals surface area (Å²) < 4.78 is 54.5. The van der Waals surface area contributed by atoms with Crippen LogP contribution in [0.1, 0.15) is 12.5 Å². The van der Waals surface area contributed by atoms with E-state index in [1.54, 1.807) is 6.07 Å². The largest absolute Gasteiger partial charge is 0.478 e. The van der Waals surface area contributed by atoms with Gasteiger partial charge in [0, 0.05) is 6.07 Å². The average Bonchev–Trinajstić information content (AvgIpc) is 2.58. The molecule has 10 heteroatoms. The standard InChI is InChI=1S/C17H12BrCl2F3O4/c1-8(16(24)25-2)26-14-7-10(3-4-11(14)18)27-15-12(19)5-9(6-13(15)20)17(21,22)23/h3-8H,1-2H3. The van der Waals surface area contributed by atoms with Crippen molar-refractivity contribution in [1.29, 1.82) is 0 Å². The van der Waals surface area contributed by atoms with Gasteiger partial charge in [0.1, 0.15) is 11.5 Å². The molecule has 2 aromatic carbocycles. The summed E-state index contributed by atoms with van der Waals surface area (Å²) in [6.45, 7) is 1.50. The minimum atomic E-state index is -4.59. The van der Waals surface area contributed by atoms with Gasteiger partial charge in [-0.3, -0.25) is 0 Å². The fraction of sp³-hybridized carbons (Fsp3) is 0.235. The van der Waals surface area contributed by atoms with Crippen LogP contribution >= 0.6 is 39.1 Å². The van der Waals surface area contributed by atoms with Crippen LogP contribution in [0.5, 0.6) is 17.2 Å². The fourth-order valence-electron chi connectivity index (χ4n) is 1.98. The molecule has 0 saturated carbocycles. The quantitative estimate of drug-likeness (QED) is 0.451. The Morgan fingerprint density at radius 1 is 1.15 bits per heavy atom. The Bertz CT molecular complexity index is 836. The van der Waals surface area contributed by atoms with Crippen LogP contribution < -0.4 is 9.47 Å². The van der Waals surface area contributed by atoms with Crippen molar-refractivity contribution >= 4 is 45.1 Å². The topological polar surface area (TPSA) is 44.8 Å². The Morgan fingerprint density at radius 2 is 1.74 bits per heavy atom. The predicted octanol–water partition coefficient (Wildman–Crippen LogP) is 6.51. The van der Waals surface area contributed by atoms with Gasteiger partial charge in [0.2, 0.25) is 0 Å². The van der Waals surface area contributed by atoms with Gasteiger partial charge in [0.05, 0.1) is 27.2 Å². The number of alkyl halides is 3. The first-order valence-electron chi connectivity index (χ1n) is 7.31. The van der Waals surface area contributed by atoms with E-state index in [-0.39, 0.29) is 27.3 Å². The molecule has 27 heavy (non-hydrogen) atoms. The Balaban J connectivity index is 2.31. The van der Waals surface area contributed by atoms with Crippen LogP contribution in [0.3, 0.4) is 0 Å². The van der Waals surface area contributed by atoms with E-state index in [1.165, 1.54) is 26.2 Å². The molecule has 0 amide bonds. The molecular formula is C17H12BrCl2F3O4. The zero-order valence-electron chi connectivity index (χ0n) is 13.9. The van der Waals surface area contributed by atoms with Gasteiger partial charge < -0.3 is 14.2 Å². The number of hydrogen-bond donors (Lipinski definition) is 0. The van der Waals surface area contributed by atoms with Crippen LogP contribution in [0.15, 0.2) is 34.8 Å². The molecular weight excluding hydrogens is 476 g/mol. The number of methoxy groups -OCH3 is 1. The molecule has 4 nitrogen and oxygen atoms in total. The third kappa shape index (κ3) is 5.43. The molecule has 2 aromatic rings. The average molecular weight is 488 g/mol. The van der Waals surface area contributed by atoms with Crippen molar-refractivity contribution in [2.75, 3.05) is 7.11 Å². The molecule has 0 bridgehead atoms. The van der Waals surface area contributed by atoms with E-state index in [2.05, 4.69) is 20.7 Å². The van der Waals surface area contributed by atoms with Crippen molar-refractivity contribution in [3.8, 4) is 17.2 Å². The summed E-state index contributed by atoms with van der Waals surface area (Å²) in [5.41, 5.74) is -0.989. The summed E-state index contributed by atoms with van der Waals surface area (Å²) in [4.78, 5) is 11.5. The lowest BCUT2D eigenvalue weighted by Crippen LogP contribution is -2.25. The zero-order chi connectivity index (χ0) is 20.4. The van der Waals surface area contributed by atoms with Crippen molar-refractivity contribution in [1.82, 2.24) is 0 Å². The van der Waals surface area contributed by atoms with E-state index < -0.39 is 23.8 Å². The molecule has 0 N–H and O–H groups in total. The molecule has 0 aliphatic heterocycles. The number of hydrogen-bond acceptors (Lipinski definition) is 4. The van der Waals surface area contributed by atoms with E-state index in [1.807, 2.05) is 0 Å². The maximum atomic E-state index is 12.8. The van der Waals surface area contributed by atoms with Gasteiger partial charge in [-0.05, 0) is 47.1 Å². The van der Waals surface area contributed by atoms with Gasteiger partial charge in [-0.1, -0.05) is 23.2 Å². The predicted molar refractivity (Wildman–Crippen MR) is 97.8 cm³/mol. The molecule has 0 radical (unpaired) electrons. The molecule has 0 heterocycles. The summed E-state index contributed by atoms with van der Waals surface area (Å²) in [7, 11) is 1.23. The highest BCUT2D eigenvalue weighted by Gasteiger charge is 2.32. The smallest absolute Gasteiger partial charge is 0.416 e. The molecule has 0 aliphatic carbocycles. The van der Waals surface area contributed by atoms with Crippen LogP contribution in [0.4, 0.5) is 13.2 Å². The van der Waals surface area contributed by atoms with E-state index in [0.29, 0.717) is 4.47 Å². The fourth-order valence-corrected chi connectivity index (χ4v) is 2.89. The molecule has 2 rings (SSSR count). The van der Waals surface area contributed by atoms with Gasteiger partial charge in [-0.15, -0.1) is 0 Å². The van der Waals surface area contributed by atoms with Crippen molar-refractivity contribution in [3.63, 3.8) is 0 Å². The highest BCUT2D eigenvalue weighted by atomic mass is 79.9. The maximum Gasteiger partial charge on any atom is 0.416 e.